The minimum atomic E-state index is -0.0560. The van der Waals surface area contributed by atoms with E-state index in [1.54, 1.807) is 12.1 Å². The smallest absolute Gasteiger partial charge is 0.0745 e. The van der Waals surface area contributed by atoms with Gasteiger partial charge in [-0.25, -0.2) is 0 Å². The van der Waals surface area contributed by atoms with Crippen LogP contribution in [-0.4, -0.2) is 31.5 Å². The van der Waals surface area contributed by atoms with Crippen molar-refractivity contribution in [3.05, 3.63) is 27.2 Å². The molecule has 2 aliphatic heterocycles. The zero-order valence-corrected chi connectivity index (χ0v) is 13.9. The van der Waals surface area contributed by atoms with Gasteiger partial charge in [-0.1, -0.05) is 34.8 Å². The summed E-state index contributed by atoms with van der Waals surface area (Å²) >= 11 is 18.4. The molecule has 2 aliphatic rings. The van der Waals surface area contributed by atoms with Crippen LogP contribution in [0.4, 0.5) is 5.69 Å². The first-order valence-corrected chi connectivity index (χ1v) is 8.34. The zero-order chi connectivity index (χ0) is 14.9. The second-order valence-electron chi connectivity index (χ2n) is 5.72. The molecule has 2 heterocycles. The molecule has 1 spiro atoms. The van der Waals surface area contributed by atoms with Crippen molar-refractivity contribution >= 4 is 40.5 Å². The van der Waals surface area contributed by atoms with Gasteiger partial charge in [-0.2, -0.15) is 0 Å². The molecule has 0 radical (unpaired) electrons. The van der Waals surface area contributed by atoms with Crippen LogP contribution in [0, 0.1) is 0 Å². The molecule has 1 N–H and O–H groups in total. The first-order chi connectivity index (χ1) is 10.1. The van der Waals surface area contributed by atoms with Crippen molar-refractivity contribution in [2.75, 3.05) is 25.1 Å². The lowest BCUT2D eigenvalue weighted by Crippen LogP contribution is -2.47. The summed E-state index contributed by atoms with van der Waals surface area (Å²) in [5.41, 5.74) is 0.705. The van der Waals surface area contributed by atoms with Gasteiger partial charge in [0, 0.05) is 30.9 Å². The molecule has 0 saturated carbocycles. The Morgan fingerprint density at radius 2 is 1.71 bits per heavy atom. The molecule has 0 amide bonds. The maximum absolute atomic E-state index is 6.25. The lowest BCUT2D eigenvalue weighted by atomic mass is 9.84. The highest BCUT2D eigenvalue weighted by Crippen LogP contribution is 2.38. The molecule has 3 nitrogen and oxygen atoms in total. The van der Waals surface area contributed by atoms with Crippen molar-refractivity contribution in [2.24, 2.45) is 0 Å². The van der Waals surface area contributed by atoms with Crippen molar-refractivity contribution in [1.82, 2.24) is 0 Å². The Morgan fingerprint density at radius 1 is 1.05 bits per heavy atom. The summed E-state index contributed by atoms with van der Waals surface area (Å²) in [5.74, 6) is 0. The summed E-state index contributed by atoms with van der Waals surface area (Å²) in [7, 11) is 0. The number of benzene rings is 1. The normalized spacial score (nSPS) is 25.0. The molecule has 21 heavy (non-hydrogen) atoms. The van der Waals surface area contributed by atoms with Crippen LogP contribution in [-0.2, 0) is 9.47 Å². The number of rotatable bonds is 2. The quantitative estimate of drug-likeness (QED) is 0.832. The summed E-state index contributed by atoms with van der Waals surface area (Å²) in [6, 6.07) is 3.72. The second kappa shape index (κ2) is 6.51. The number of ether oxygens (including phenoxy) is 2. The van der Waals surface area contributed by atoms with Gasteiger partial charge in [-0.3, -0.25) is 0 Å². The van der Waals surface area contributed by atoms with E-state index in [2.05, 4.69) is 5.32 Å². The number of nitrogens with one attached hydrogen (secondary N) is 1. The van der Waals surface area contributed by atoms with Crippen LogP contribution >= 0.6 is 34.8 Å². The SMILES string of the molecule is Clc1cc(Cl)c(NC2CCOC3(CCOCC3)C2)c(Cl)c1. The highest BCUT2D eigenvalue weighted by atomic mass is 35.5. The topological polar surface area (TPSA) is 30.5 Å². The summed E-state index contributed by atoms with van der Waals surface area (Å²) in [5, 5.41) is 5.13. The van der Waals surface area contributed by atoms with Crippen molar-refractivity contribution in [2.45, 2.75) is 37.3 Å². The molecule has 0 aromatic heterocycles. The third-order valence-corrected chi connectivity index (χ3v) is 5.07. The van der Waals surface area contributed by atoms with Gasteiger partial charge in [0.25, 0.3) is 0 Å². The molecule has 1 aromatic carbocycles. The summed E-state index contributed by atoms with van der Waals surface area (Å²) < 4.78 is 11.5. The molecule has 1 atom stereocenters. The van der Waals surface area contributed by atoms with E-state index in [9.17, 15) is 0 Å². The Morgan fingerprint density at radius 3 is 2.38 bits per heavy atom. The fourth-order valence-electron chi connectivity index (χ4n) is 3.13. The van der Waals surface area contributed by atoms with Gasteiger partial charge in [-0.05, 0) is 37.8 Å². The van der Waals surface area contributed by atoms with E-state index in [-0.39, 0.29) is 5.60 Å². The molecule has 1 unspecified atom stereocenters. The monoisotopic (exact) mass is 349 g/mol. The van der Waals surface area contributed by atoms with Crippen LogP contribution in [0.1, 0.15) is 25.7 Å². The average molecular weight is 351 g/mol. The average Bonchev–Trinajstić information content (AvgIpc) is 2.44. The third kappa shape index (κ3) is 3.59. The molecule has 116 valence electrons. The Kier molecular flexibility index (Phi) is 4.87. The number of halogens is 3. The number of hydrogen-bond acceptors (Lipinski definition) is 3. The Bertz CT molecular complexity index is 489. The summed E-state index contributed by atoms with van der Waals surface area (Å²) in [4.78, 5) is 0. The van der Waals surface area contributed by atoms with E-state index in [1.165, 1.54) is 0 Å². The standard InChI is InChI=1S/C15H18Cl3NO2/c16-10-7-12(17)14(13(18)8-10)19-11-1-4-21-15(9-11)2-5-20-6-3-15/h7-8,11,19H,1-6,9H2. The first-order valence-electron chi connectivity index (χ1n) is 7.21. The van der Waals surface area contributed by atoms with Crippen molar-refractivity contribution in [1.29, 1.82) is 0 Å². The van der Waals surface area contributed by atoms with Gasteiger partial charge in [0.1, 0.15) is 0 Å². The zero-order valence-electron chi connectivity index (χ0n) is 11.6. The largest absolute Gasteiger partial charge is 0.381 e. The maximum atomic E-state index is 6.25. The Balaban J connectivity index is 1.73. The third-order valence-electron chi connectivity index (χ3n) is 4.25. The molecule has 0 aliphatic carbocycles. The van der Waals surface area contributed by atoms with Gasteiger partial charge in [0.15, 0.2) is 0 Å². The van der Waals surface area contributed by atoms with E-state index < -0.39 is 0 Å². The fraction of sp³-hybridized carbons (Fsp3) is 0.600. The van der Waals surface area contributed by atoms with E-state index >= 15 is 0 Å². The summed E-state index contributed by atoms with van der Waals surface area (Å²) in [6.07, 6.45) is 3.80. The first kappa shape index (κ1) is 15.7. The predicted octanol–water partition coefficient (Wildman–Crippen LogP) is 4.79. The van der Waals surface area contributed by atoms with Gasteiger partial charge in [-0.15, -0.1) is 0 Å². The second-order valence-corrected chi connectivity index (χ2v) is 6.97. The highest BCUT2D eigenvalue weighted by Gasteiger charge is 2.39. The molecular weight excluding hydrogens is 333 g/mol. The van der Waals surface area contributed by atoms with Gasteiger partial charge < -0.3 is 14.8 Å². The van der Waals surface area contributed by atoms with Crippen molar-refractivity contribution in [3.8, 4) is 0 Å². The van der Waals surface area contributed by atoms with Crippen LogP contribution in [0.5, 0.6) is 0 Å². The van der Waals surface area contributed by atoms with Crippen LogP contribution in [0.25, 0.3) is 0 Å². The van der Waals surface area contributed by atoms with E-state index in [0.717, 1.165) is 51.2 Å². The van der Waals surface area contributed by atoms with E-state index in [4.69, 9.17) is 44.3 Å². The molecule has 2 saturated heterocycles. The van der Waals surface area contributed by atoms with Gasteiger partial charge in [0.05, 0.1) is 21.3 Å². The van der Waals surface area contributed by atoms with Crippen LogP contribution in [0.15, 0.2) is 12.1 Å². The van der Waals surface area contributed by atoms with Gasteiger partial charge in [0.2, 0.25) is 0 Å². The molecule has 3 rings (SSSR count). The number of anilines is 1. The molecule has 1 aromatic rings. The highest BCUT2D eigenvalue weighted by molar-refractivity contribution is 6.41. The van der Waals surface area contributed by atoms with E-state index in [0.29, 0.717) is 21.1 Å². The Hall–Kier alpha value is -0.190. The minimum absolute atomic E-state index is 0.0560. The predicted molar refractivity (Wildman–Crippen MR) is 86.9 cm³/mol. The lowest BCUT2D eigenvalue weighted by molar-refractivity contribution is -0.135. The van der Waals surface area contributed by atoms with Crippen LogP contribution in [0.2, 0.25) is 15.1 Å². The molecular formula is C15H18Cl3NO2. The van der Waals surface area contributed by atoms with E-state index in [1.807, 2.05) is 0 Å². The molecule has 0 bridgehead atoms. The fourth-order valence-corrected chi connectivity index (χ4v) is 4.05. The number of hydrogen-bond donors (Lipinski definition) is 1. The van der Waals surface area contributed by atoms with Crippen LogP contribution in [0.3, 0.4) is 0 Å². The summed E-state index contributed by atoms with van der Waals surface area (Å²) in [6.45, 7) is 2.30. The lowest BCUT2D eigenvalue weighted by Gasteiger charge is -2.43. The van der Waals surface area contributed by atoms with Crippen molar-refractivity contribution < 1.29 is 9.47 Å². The van der Waals surface area contributed by atoms with Crippen LogP contribution < -0.4 is 5.32 Å². The maximum Gasteiger partial charge on any atom is 0.0745 e. The minimum Gasteiger partial charge on any atom is -0.381 e. The van der Waals surface area contributed by atoms with Gasteiger partial charge >= 0.3 is 0 Å². The molecule has 6 heteroatoms. The molecule has 2 fully saturated rings. The Labute approximate surface area is 139 Å². The van der Waals surface area contributed by atoms with Crippen molar-refractivity contribution in [3.63, 3.8) is 0 Å².